The van der Waals surface area contributed by atoms with Gasteiger partial charge in [0.1, 0.15) is 12.0 Å². The number of carbonyl (C=O) groups is 2. The van der Waals surface area contributed by atoms with Crippen molar-refractivity contribution < 1.29 is 19.4 Å². The van der Waals surface area contributed by atoms with E-state index in [1.54, 1.807) is 6.07 Å². The fraction of sp³-hybridized carbons (Fsp3) is 0.333. The molecule has 1 aromatic carbocycles. The molecule has 0 amide bonds. The molecule has 0 bridgehead atoms. The van der Waals surface area contributed by atoms with Gasteiger partial charge < -0.3 is 9.84 Å². The summed E-state index contributed by atoms with van der Waals surface area (Å²) in [6, 6.07) is 7.37. The molecule has 1 aromatic rings. The number of hydrogen-bond donors (Lipinski definition) is 1. The predicted molar refractivity (Wildman–Crippen MR) is 55.8 cm³/mol. The summed E-state index contributed by atoms with van der Waals surface area (Å²) in [5.74, 6) is -2.20. The largest absolute Gasteiger partial charge is 0.481 e. The minimum atomic E-state index is -0.989. The summed E-state index contributed by atoms with van der Waals surface area (Å²) in [6.45, 7) is 1.91. The molecule has 1 fully saturated rings. The molecule has 1 N–H and O–H groups in total. The molecule has 2 rings (SSSR count). The Morgan fingerprint density at radius 1 is 1.50 bits per heavy atom. The summed E-state index contributed by atoms with van der Waals surface area (Å²) < 4.78 is 5.06. The van der Waals surface area contributed by atoms with Crippen LogP contribution in [0.5, 0.6) is 0 Å². The Hall–Kier alpha value is -1.84. The molecule has 1 aliphatic rings. The Kier molecular flexibility index (Phi) is 2.64. The van der Waals surface area contributed by atoms with Crippen LogP contribution in [0, 0.1) is 12.8 Å². The van der Waals surface area contributed by atoms with Crippen molar-refractivity contribution >= 4 is 11.9 Å². The van der Waals surface area contributed by atoms with Crippen LogP contribution in [0.25, 0.3) is 0 Å². The van der Waals surface area contributed by atoms with Crippen LogP contribution in [0.4, 0.5) is 0 Å². The second kappa shape index (κ2) is 3.96. The topological polar surface area (TPSA) is 63.6 Å². The molecule has 0 aliphatic carbocycles. The molecule has 1 saturated heterocycles. The second-order valence-electron chi connectivity index (χ2n) is 3.97. The highest BCUT2D eigenvalue weighted by molar-refractivity contribution is 5.82. The van der Waals surface area contributed by atoms with Gasteiger partial charge >= 0.3 is 11.9 Å². The van der Waals surface area contributed by atoms with Gasteiger partial charge in [-0.3, -0.25) is 9.59 Å². The molecule has 0 spiro atoms. The molecule has 16 heavy (non-hydrogen) atoms. The molecule has 4 heteroatoms. The van der Waals surface area contributed by atoms with Gasteiger partial charge in [0.15, 0.2) is 0 Å². The van der Waals surface area contributed by atoms with E-state index in [-0.39, 0.29) is 6.42 Å². The average Bonchev–Trinajstić information content (AvgIpc) is 2.60. The van der Waals surface area contributed by atoms with Gasteiger partial charge in [-0.15, -0.1) is 0 Å². The van der Waals surface area contributed by atoms with E-state index in [0.29, 0.717) is 0 Å². The van der Waals surface area contributed by atoms with Crippen LogP contribution in [0.2, 0.25) is 0 Å². The highest BCUT2D eigenvalue weighted by Gasteiger charge is 2.40. The predicted octanol–water partition coefficient (Wildman–Crippen LogP) is 1.68. The lowest BCUT2D eigenvalue weighted by Crippen LogP contribution is -2.17. The number of esters is 1. The number of aliphatic carboxylic acids is 1. The number of aryl methyl sites for hydroxylation is 1. The third kappa shape index (κ3) is 1.91. The smallest absolute Gasteiger partial charge is 0.311 e. The number of carboxylic acid groups (broad SMARTS) is 1. The quantitative estimate of drug-likeness (QED) is 0.770. The van der Waals surface area contributed by atoms with Crippen LogP contribution in [0.3, 0.4) is 0 Å². The van der Waals surface area contributed by atoms with E-state index in [9.17, 15) is 9.59 Å². The van der Waals surface area contributed by atoms with Crippen molar-refractivity contribution in [3.8, 4) is 0 Å². The van der Waals surface area contributed by atoms with Crippen molar-refractivity contribution in [1.82, 2.24) is 0 Å². The Morgan fingerprint density at radius 2 is 2.25 bits per heavy atom. The summed E-state index contributed by atoms with van der Waals surface area (Å²) in [4.78, 5) is 22.1. The van der Waals surface area contributed by atoms with E-state index in [4.69, 9.17) is 9.84 Å². The number of benzene rings is 1. The molecule has 0 radical (unpaired) electrons. The monoisotopic (exact) mass is 220 g/mol. The first-order chi connectivity index (χ1) is 7.58. The van der Waals surface area contributed by atoms with E-state index in [1.807, 2.05) is 25.1 Å². The summed E-state index contributed by atoms with van der Waals surface area (Å²) in [5.41, 5.74) is 1.77. The van der Waals surface area contributed by atoms with Crippen LogP contribution in [0.1, 0.15) is 23.7 Å². The van der Waals surface area contributed by atoms with Crippen LogP contribution in [-0.2, 0) is 14.3 Å². The van der Waals surface area contributed by atoms with Gasteiger partial charge in [0.05, 0.1) is 6.42 Å². The minimum Gasteiger partial charge on any atom is -0.481 e. The van der Waals surface area contributed by atoms with E-state index in [1.165, 1.54) is 0 Å². The highest BCUT2D eigenvalue weighted by atomic mass is 16.6. The van der Waals surface area contributed by atoms with Gasteiger partial charge in [-0.2, -0.15) is 0 Å². The molecule has 4 nitrogen and oxygen atoms in total. The standard InChI is InChI=1S/C12H12O4/c1-7-3-2-4-8(5-7)11-9(12(14)15)6-10(13)16-11/h2-5,9,11H,6H2,1H3,(H,14,15)/t9-,11+/m0/s1. The SMILES string of the molecule is Cc1cccc([C@H]2OC(=O)C[C@@H]2C(=O)O)c1. The Balaban J connectivity index is 2.32. The third-order valence-corrected chi connectivity index (χ3v) is 2.70. The first-order valence-electron chi connectivity index (χ1n) is 5.07. The molecule has 84 valence electrons. The van der Waals surface area contributed by atoms with Crippen molar-refractivity contribution in [2.75, 3.05) is 0 Å². The molecule has 2 atom stereocenters. The van der Waals surface area contributed by atoms with Crippen molar-refractivity contribution in [1.29, 1.82) is 0 Å². The molecule has 0 saturated carbocycles. The lowest BCUT2D eigenvalue weighted by Gasteiger charge is -2.14. The van der Waals surface area contributed by atoms with Crippen molar-refractivity contribution in [3.05, 3.63) is 35.4 Å². The van der Waals surface area contributed by atoms with Crippen molar-refractivity contribution in [2.24, 2.45) is 5.92 Å². The van der Waals surface area contributed by atoms with Gasteiger partial charge in [-0.25, -0.2) is 0 Å². The Bertz CT molecular complexity index is 438. The maximum absolute atomic E-state index is 11.1. The molecule has 0 unspecified atom stereocenters. The lowest BCUT2D eigenvalue weighted by atomic mass is 9.94. The molecular weight excluding hydrogens is 208 g/mol. The molecule has 1 aliphatic heterocycles. The number of hydrogen-bond acceptors (Lipinski definition) is 3. The fourth-order valence-electron chi connectivity index (χ4n) is 1.92. The maximum Gasteiger partial charge on any atom is 0.311 e. The van der Waals surface area contributed by atoms with Crippen LogP contribution in [-0.4, -0.2) is 17.0 Å². The number of cyclic esters (lactones) is 1. The van der Waals surface area contributed by atoms with Gasteiger partial charge in [0, 0.05) is 0 Å². The zero-order valence-electron chi connectivity index (χ0n) is 8.84. The number of rotatable bonds is 2. The summed E-state index contributed by atoms with van der Waals surface area (Å²) >= 11 is 0. The number of ether oxygens (including phenoxy) is 1. The van der Waals surface area contributed by atoms with Gasteiger partial charge in [0.2, 0.25) is 0 Å². The Labute approximate surface area is 92.8 Å². The van der Waals surface area contributed by atoms with E-state index in [0.717, 1.165) is 11.1 Å². The van der Waals surface area contributed by atoms with Gasteiger partial charge in [-0.05, 0) is 12.5 Å². The maximum atomic E-state index is 11.1. The average molecular weight is 220 g/mol. The summed E-state index contributed by atoms with van der Waals surface area (Å²) in [5, 5.41) is 9.00. The van der Waals surface area contributed by atoms with E-state index in [2.05, 4.69) is 0 Å². The first-order valence-corrected chi connectivity index (χ1v) is 5.07. The fourth-order valence-corrected chi connectivity index (χ4v) is 1.92. The van der Waals surface area contributed by atoms with Crippen LogP contribution >= 0.6 is 0 Å². The minimum absolute atomic E-state index is 0.0477. The summed E-state index contributed by atoms with van der Waals surface area (Å²) in [6.07, 6.45) is -0.696. The molecular formula is C12H12O4. The van der Waals surface area contributed by atoms with E-state index < -0.39 is 24.0 Å². The van der Waals surface area contributed by atoms with Gasteiger partial charge in [-0.1, -0.05) is 29.8 Å². The third-order valence-electron chi connectivity index (χ3n) is 2.70. The van der Waals surface area contributed by atoms with Crippen LogP contribution < -0.4 is 0 Å². The zero-order valence-corrected chi connectivity index (χ0v) is 8.84. The molecule has 0 aromatic heterocycles. The lowest BCUT2D eigenvalue weighted by molar-refractivity contribution is -0.144. The second-order valence-corrected chi connectivity index (χ2v) is 3.97. The zero-order chi connectivity index (χ0) is 11.7. The van der Waals surface area contributed by atoms with Crippen molar-refractivity contribution in [3.63, 3.8) is 0 Å². The number of carboxylic acids is 1. The normalized spacial score (nSPS) is 24.2. The molecule has 1 heterocycles. The summed E-state index contributed by atoms with van der Waals surface area (Å²) in [7, 11) is 0. The van der Waals surface area contributed by atoms with Crippen LogP contribution in [0.15, 0.2) is 24.3 Å². The number of carbonyl (C=O) groups excluding carboxylic acids is 1. The first kappa shape index (κ1) is 10.7. The van der Waals surface area contributed by atoms with Crippen molar-refractivity contribution in [2.45, 2.75) is 19.4 Å². The van der Waals surface area contributed by atoms with E-state index >= 15 is 0 Å². The van der Waals surface area contributed by atoms with Gasteiger partial charge in [0.25, 0.3) is 0 Å². The Morgan fingerprint density at radius 3 is 2.88 bits per heavy atom. The highest BCUT2D eigenvalue weighted by Crippen LogP contribution is 2.35.